The van der Waals surface area contributed by atoms with Gasteiger partial charge in [0.25, 0.3) is 0 Å². The number of benzene rings is 2. The average Bonchev–Trinajstić information content (AvgIpc) is 2.30. The summed E-state index contributed by atoms with van der Waals surface area (Å²) in [6, 6.07) is 8.14. The van der Waals surface area contributed by atoms with E-state index in [0.717, 1.165) is 23.3 Å². The molecule has 2 aromatic carbocycles. The zero-order chi connectivity index (χ0) is 14.9. The number of halogens is 2. The van der Waals surface area contributed by atoms with Crippen LogP contribution in [0.5, 0.6) is 5.75 Å². The first-order chi connectivity index (χ1) is 9.28. The highest BCUT2D eigenvalue weighted by molar-refractivity contribution is 7.87. The van der Waals surface area contributed by atoms with E-state index in [9.17, 15) is 12.8 Å². The third kappa shape index (κ3) is 3.29. The molecule has 0 heterocycles. The summed E-state index contributed by atoms with van der Waals surface area (Å²) < 4.78 is 42.4. The Morgan fingerprint density at radius 1 is 1.05 bits per heavy atom. The molecule has 0 fully saturated rings. The third-order valence-corrected chi connectivity index (χ3v) is 4.29. The van der Waals surface area contributed by atoms with E-state index in [1.165, 1.54) is 6.07 Å². The van der Waals surface area contributed by atoms with Gasteiger partial charge in [-0.3, -0.25) is 0 Å². The first-order valence-electron chi connectivity index (χ1n) is 5.76. The Balaban J connectivity index is 2.43. The summed E-state index contributed by atoms with van der Waals surface area (Å²) in [5, 5.41) is -0.0872. The van der Waals surface area contributed by atoms with Gasteiger partial charge >= 0.3 is 10.1 Å². The molecule has 0 unspecified atom stereocenters. The van der Waals surface area contributed by atoms with Gasteiger partial charge in [0.1, 0.15) is 16.5 Å². The van der Waals surface area contributed by atoms with Crippen molar-refractivity contribution in [2.45, 2.75) is 18.7 Å². The van der Waals surface area contributed by atoms with Crippen LogP contribution in [0.25, 0.3) is 0 Å². The summed E-state index contributed by atoms with van der Waals surface area (Å²) >= 11 is 5.78. The van der Waals surface area contributed by atoms with Crippen molar-refractivity contribution in [1.29, 1.82) is 0 Å². The van der Waals surface area contributed by atoms with E-state index in [1.807, 2.05) is 19.9 Å². The topological polar surface area (TPSA) is 43.4 Å². The van der Waals surface area contributed by atoms with E-state index in [4.69, 9.17) is 15.8 Å². The van der Waals surface area contributed by atoms with Crippen molar-refractivity contribution in [2.24, 2.45) is 0 Å². The molecule has 0 amide bonds. The molecule has 0 atom stereocenters. The molecule has 6 heteroatoms. The van der Waals surface area contributed by atoms with Gasteiger partial charge in [0.2, 0.25) is 0 Å². The van der Waals surface area contributed by atoms with Crippen LogP contribution in [0, 0.1) is 19.7 Å². The maximum absolute atomic E-state index is 13.2. The summed E-state index contributed by atoms with van der Waals surface area (Å²) in [6.07, 6.45) is 0. The molecule has 0 aliphatic rings. The largest absolute Gasteiger partial charge is 0.379 e. The Hall–Kier alpha value is -1.59. The number of hydrogen-bond acceptors (Lipinski definition) is 3. The Morgan fingerprint density at radius 3 is 2.25 bits per heavy atom. The third-order valence-electron chi connectivity index (χ3n) is 2.56. The van der Waals surface area contributed by atoms with E-state index in [2.05, 4.69) is 0 Å². The van der Waals surface area contributed by atoms with Crippen LogP contribution >= 0.6 is 11.6 Å². The van der Waals surface area contributed by atoms with Crippen LogP contribution in [0.2, 0.25) is 5.02 Å². The maximum atomic E-state index is 13.2. The zero-order valence-electron chi connectivity index (χ0n) is 10.9. The van der Waals surface area contributed by atoms with Crippen molar-refractivity contribution in [1.82, 2.24) is 0 Å². The Kier molecular flexibility index (Phi) is 4.01. The second-order valence-electron chi connectivity index (χ2n) is 4.44. The zero-order valence-corrected chi connectivity index (χ0v) is 12.4. The molecule has 0 aromatic heterocycles. The molecule has 0 N–H and O–H groups in total. The van der Waals surface area contributed by atoms with Gasteiger partial charge in [-0.05, 0) is 55.3 Å². The van der Waals surface area contributed by atoms with Crippen molar-refractivity contribution in [2.75, 3.05) is 0 Å². The lowest BCUT2D eigenvalue weighted by molar-refractivity contribution is 0.484. The molecule has 0 saturated carbocycles. The molecule has 2 rings (SSSR count). The maximum Gasteiger partial charge on any atom is 0.340 e. The van der Waals surface area contributed by atoms with Gasteiger partial charge in [0.05, 0.1) is 5.02 Å². The summed E-state index contributed by atoms with van der Waals surface area (Å²) in [5.41, 5.74) is 1.72. The number of hydrogen-bond donors (Lipinski definition) is 0. The lowest BCUT2D eigenvalue weighted by Crippen LogP contribution is -2.11. The summed E-state index contributed by atoms with van der Waals surface area (Å²) in [7, 11) is -4.17. The van der Waals surface area contributed by atoms with Crippen molar-refractivity contribution >= 4 is 21.7 Å². The molecular formula is C14H12ClFO3S. The van der Waals surface area contributed by atoms with E-state index < -0.39 is 20.8 Å². The monoisotopic (exact) mass is 314 g/mol. The lowest BCUT2D eigenvalue weighted by atomic mass is 10.1. The number of rotatable bonds is 3. The molecule has 0 aliphatic heterocycles. The number of aryl methyl sites for hydroxylation is 2. The standard InChI is InChI=1S/C14H12ClFO3S/c1-9-5-10(2)7-12(6-9)19-20(17,18)14-8-11(16)3-4-13(14)15/h3-8H,1-2H3. The van der Waals surface area contributed by atoms with E-state index in [0.29, 0.717) is 0 Å². The highest BCUT2D eigenvalue weighted by Gasteiger charge is 2.21. The van der Waals surface area contributed by atoms with Gasteiger partial charge < -0.3 is 4.18 Å². The smallest absolute Gasteiger partial charge is 0.340 e. The van der Waals surface area contributed by atoms with Crippen LogP contribution in [0.4, 0.5) is 4.39 Å². The van der Waals surface area contributed by atoms with E-state index in [1.54, 1.807) is 12.1 Å². The van der Waals surface area contributed by atoms with Gasteiger partial charge in [-0.15, -0.1) is 0 Å². The average molecular weight is 315 g/mol. The highest BCUT2D eigenvalue weighted by Crippen LogP contribution is 2.26. The fourth-order valence-corrected chi connectivity index (χ4v) is 3.23. The summed E-state index contributed by atoms with van der Waals surface area (Å²) in [6.45, 7) is 3.64. The Labute approximate surface area is 122 Å². The fraction of sp³-hybridized carbons (Fsp3) is 0.143. The van der Waals surface area contributed by atoms with Crippen LogP contribution < -0.4 is 4.18 Å². The molecule has 0 aliphatic carbocycles. The summed E-state index contributed by atoms with van der Waals surface area (Å²) in [5.74, 6) is -0.528. The van der Waals surface area contributed by atoms with Crippen LogP contribution in [0.15, 0.2) is 41.3 Å². The van der Waals surface area contributed by atoms with E-state index >= 15 is 0 Å². The van der Waals surface area contributed by atoms with Crippen molar-refractivity contribution in [3.8, 4) is 5.75 Å². The van der Waals surface area contributed by atoms with Crippen LogP contribution in [0.3, 0.4) is 0 Å². The second-order valence-corrected chi connectivity index (χ2v) is 6.36. The second kappa shape index (κ2) is 5.42. The molecular weight excluding hydrogens is 303 g/mol. The van der Waals surface area contributed by atoms with Crippen LogP contribution in [0.1, 0.15) is 11.1 Å². The summed E-state index contributed by atoms with van der Waals surface area (Å²) in [4.78, 5) is -0.390. The van der Waals surface area contributed by atoms with Crippen molar-refractivity contribution in [3.63, 3.8) is 0 Å². The predicted molar refractivity (Wildman–Crippen MR) is 75.1 cm³/mol. The highest BCUT2D eigenvalue weighted by atomic mass is 35.5. The van der Waals surface area contributed by atoms with E-state index in [-0.39, 0.29) is 10.8 Å². The minimum absolute atomic E-state index is 0.0872. The first kappa shape index (κ1) is 14.8. The Morgan fingerprint density at radius 2 is 1.65 bits per heavy atom. The quantitative estimate of drug-likeness (QED) is 0.808. The van der Waals surface area contributed by atoms with Crippen molar-refractivity contribution in [3.05, 3.63) is 58.4 Å². The molecule has 2 aromatic rings. The molecule has 0 spiro atoms. The lowest BCUT2D eigenvalue weighted by Gasteiger charge is -2.10. The SMILES string of the molecule is Cc1cc(C)cc(OS(=O)(=O)c2cc(F)ccc2Cl)c1. The van der Waals surface area contributed by atoms with Gasteiger partial charge in [-0.1, -0.05) is 17.7 Å². The minimum Gasteiger partial charge on any atom is -0.379 e. The van der Waals surface area contributed by atoms with Gasteiger partial charge in [-0.2, -0.15) is 8.42 Å². The minimum atomic E-state index is -4.17. The molecule has 0 radical (unpaired) electrons. The predicted octanol–water partition coefficient (Wildman–Crippen LogP) is 3.86. The van der Waals surface area contributed by atoms with Crippen LogP contribution in [-0.4, -0.2) is 8.42 Å². The molecule has 0 bridgehead atoms. The van der Waals surface area contributed by atoms with Gasteiger partial charge in [0.15, 0.2) is 0 Å². The molecule has 106 valence electrons. The van der Waals surface area contributed by atoms with Gasteiger partial charge in [0, 0.05) is 0 Å². The van der Waals surface area contributed by atoms with Gasteiger partial charge in [-0.25, -0.2) is 4.39 Å². The molecule has 3 nitrogen and oxygen atoms in total. The normalized spacial score (nSPS) is 11.4. The van der Waals surface area contributed by atoms with Crippen molar-refractivity contribution < 1.29 is 17.0 Å². The van der Waals surface area contributed by atoms with Crippen LogP contribution in [-0.2, 0) is 10.1 Å². The molecule has 20 heavy (non-hydrogen) atoms. The fourth-order valence-electron chi connectivity index (χ4n) is 1.82. The Bertz CT molecular complexity index is 737. The first-order valence-corrected chi connectivity index (χ1v) is 7.54. The molecule has 0 saturated heterocycles.